The standard InChI is InChI=1S/C20H26N2O2.ClH/c1-14-6-5-7-17(8-14)13-24-20-15(2)9-18(10-16(20)3)12-22(4)19(23)11-21;/h5-10H,11-13,21H2,1-4H3;1H. The second-order valence-electron chi connectivity index (χ2n) is 6.29. The lowest BCUT2D eigenvalue weighted by molar-refractivity contribution is -0.128. The number of nitrogens with two attached hydrogens (primary N) is 1. The van der Waals surface area contributed by atoms with Crippen LogP contribution in [0.2, 0.25) is 0 Å². The molecule has 0 saturated carbocycles. The van der Waals surface area contributed by atoms with Crippen LogP contribution in [0.4, 0.5) is 0 Å². The average Bonchev–Trinajstić information content (AvgIpc) is 2.53. The third-order valence-electron chi connectivity index (χ3n) is 4.01. The monoisotopic (exact) mass is 362 g/mol. The Morgan fingerprint density at radius 2 is 1.72 bits per heavy atom. The number of halogens is 1. The van der Waals surface area contributed by atoms with Crippen molar-refractivity contribution in [1.82, 2.24) is 4.90 Å². The SMILES string of the molecule is Cc1cccc(COc2c(C)cc(CN(C)C(=O)CN)cc2C)c1.Cl. The molecule has 4 nitrogen and oxygen atoms in total. The van der Waals surface area contributed by atoms with E-state index in [1.807, 2.05) is 19.9 Å². The van der Waals surface area contributed by atoms with Gasteiger partial charge in [0.05, 0.1) is 6.54 Å². The maximum absolute atomic E-state index is 11.6. The minimum Gasteiger partial charge on any atom is -0.488 e. The van der Waals surface area contributed by atoms with E-state index in [4.69, 9.17) is 10.5 Å². The second kappa shape index (κ2) is 9.44. The summed E-state index contributed by atoms with van der Waals surface area (Å²) in [6.07, 6.45) is 0. The Balaban J connectivity index is 0.00000312. The number of amides is 1. The zero-order chi connectivity index (χ0) is 17.7. The molecule has 2 aromatic carbocycles. The van der Waals surface area contributed by atoms with E-state index in [-0.39, 0.29) is 24.9 Å². The van der Waals surface area contributed by atoms with Crippen LogP contribution in [-0.4, -0.2) is 24.4 Å². The molecule has 0 spiro atoms. The van der Waals surface area contributed by atoms with Crippen molar-refractivity contribution in [2.75, 3.05) is 13.6 Å². The first-order chi connectivity index (χ1) is 11.4. The highest BCUT2D eigenvalue weighted by molar-refractivity contribution is 5.85. The van der Waals surface area contributed by atoms with Gasteiger partial charge in [0, 0.05) is 13.6 Å². The van der Waals surface area contributed by atoms with Crippen LogP contribution in [0.3, 0.4) is 0 Å². The summed E-state index contributed by atoms with van der Waals surface area (Å²) in [6.45, 7) is 7.28. The van der Waals surface area contributed by atoms with Gasteiger partial charge in [-0.3, -0.25) is 4.79 Å². The number of ether oxygens (including phenoxy) is 1. The van der Waals surface area contributed by atoms with Crippen molar-refractivity contribution < 1.29 is 9.53 Å². The highest BCUT2D eigenvalue weighted by atomic mass is 35.5. The molecule has 0 aliphatic rings. The van der Waals surface area contributed by atoms with Crippen molar-refractivity contribution in [2.45, 2.75) is 33.9 Å². The van der Waals surface area contributed by atoms with Crippen LogP contribution < -0.4 is 10.5 Å². The molecule has 0 aromatic heterocycles. The average molecular weight is 363 g/mol. The van der Waals surface area contributed by atoms with E-state index >= 15 is 0 Å². The molecule has 2 aromatic rings. The Morgan fingerprint density at radius 3 is 2.28 bits per heavy atom. The summed E-state index contributed by atoms with van der Waals surface area (Å²) >= 11 is 0. The number of carbonyl (C=O) groups excluding carboxylic acids is 1. The quantitative estimate of drug-likeness (QED) is 0.855. The molecule has 1 amide bonds. The van der Waals surface area contributed by atoms with Gasteiger partial charge in [-0.15, -0.1) is 12.4 Å². The maximum Gasteiger partial charge on any atom is 0.236 e. The number of benzene rings is 2. The fourth-order valence-electron chi connectivity index (χ4n) is 2.83. The molecular weight excluding hydrogens is 336 g/mol. The van der Waals surface area contributed by atoms with E-state index < -0.39 is 0 Å². The number of likely N-dealkylation sites (N-methyl/N-ethyl adjacent to an activating group) is 1. The molecule has 0 radical (unpaired) electrons. The van der Waals surface area contributed by atoms with Crippen LogP contribution in [-0.2, 0) is 17.9 Å². The van der Waals surface area contributed by atoms with E-state index in [1.54, 1.807) is 11.9 Å². The topological polar surface area (TPSA) is 55.6 Å². The van der Waals surface area contributed by atoms with Gasteiger partial charge >= 0.3 is 0 Å². The molecule has 0 unspecified atom stereocenters. The number of rotatable bonds is 6. The highest BCUT2D eigenvalue weighted by Crippen LogP contribution is 2.26. The zero-order valence-electron chi connectivity index (χ0n) is 15.3. The summed E-state index contributed by atoms with van der Waals surface area (Å²) in [6, 6.07) is 12.5. The van der Waals surface area contributed by atoms with Gasteiger partial charge in [-0.25, -0.2) is 0 Å². The zero-order valence-corrected chi connectivity index (χ0v) is 16.2. The third kappa shape index (κ3) is 5.76. The van der Waals surface area contributed by atoms with Crippen LogP contribution in [0.15, 0.2) is 36.4 Å². The van der Waals surface area contributed by atoms with Crippen molar-refractivity contribution in [3.8, 4) is 5.75 Å². The summed E-state index contributed by atoms with van der Waals surface area (Å²) in [5, 5.41) is 0. The second-order valence-corrected chi connectivity index (χ2v) is 6.29. The highest BCUT2D eigenvalue weighted by Gasteiger charge is 2.11. The minimum atomic E-state index is -0.0647. The fourth-order valence-corrected chi connectivity index (χ4v) is 2.83. The molecule has 0 heterocycles. The largest absolute Gasteiger partial charge is 0.488 e. The first-order valence-corrected chi connectivity index (χ1v) is 8.13. The molecule has 2 rings (SSSR count). The molecule has 0 saturated heterocycles. The normalized spacial score (nSPS) is 10.1. The van der Waals surface area contributed by atoms with Gasteiger partial charge in [0.2, 0.25) is 5.91 Å². The third-order valence-corrected chi connectivity index (χ3v) is 4.01. The van der Waals surface area contributed by atoms with Crippen LogP contribution in [0.5, 0.6) is 5.75 Å². The Hall–Kier alpha value is -2.04. The smallest absolute Gasteiger partial charge is 0.236 e. The van der Waals surface area contributed by atoms with Crippen molar-refractivity contribution in [2.24, 2.45) is 5.73 Å². The van der Waals surface area contributed by atoms with Gasteiger partial charge in [-0.05, 0) is 43.0 Å². The van der Waals surface area contributed by atoms with E-state index in [9.17, 15) is 4.79 Å². The van der Waals surface area contributed by atoms with Gasteiger partial charge in [-0.2, -0.15) is 0 Å². The molecular formula is C20H27ClN2O2. The van der Waals surface area contributed by atoms with E-state index in [0.29, 0.717) is 13.2 Å². The van der Waals surface area contributed by atoms with Crippen molar-refractivity contribution >= 4 is 18.3 Å². The van der Waals surface area contributed by atoms with Gasteiger partial charge in [0.1, 0.15) is 12.4 Å². The summed E-state index contributed by atoms with van der Waals surface area (Å²) < 4.78 is 6.04. The van der Waals surface area contributed by atoms with Gasteiger partial charge < -0.3 is 15.4 Å². The first-order valence-electron chi connectivity index (χ1n) is 8.13. The summed E-state index contributed by atoms with van der Waals surface area (Å²) in [7, 11) is 1.77. The Labute approximate surface area is 156 Å². The molecule has 2 N–H and O–H groups in total. The summed E-state index contributed by atoms with van der Waals surface area (Å²) in [5.41, 5.74) is 11.0. The molecule has 0 atom stereocenters. The summed E-state index contributed by atoms with van der Waals surface area (Å²) in [5.74, 6) is 0.846. The number of carbonyl (C=O) groups is 1. The number of hydrogen-bond donors (Lipinski definition) is 1. The van der Waals surface area contributed by atoms with Crippen LogP contribution >= 0.6 is 12.4 Å². The Kier molecular flexibility index (Phi) is 7.94. The van der Waals surface area contributed by atoms with E-state index in [0.717, 1.165) is 28.0 Å². The van der Waals surface area contributed by atoms with Gasteiger partial charge in [-0.1, -0.05) is 42.0 Å². The number of hydrogen-bond acceptors (Lipinski definition) is 3. The summed E-state index contributed by atoms with van der Waals surface area (Å²) in [4.78, 5) is 13.3. The predicted octanol–water partition coefficient (Wildman–Crippen LogP) is 3.53. The lowest BCUT2D eigenvalue weighted by atomic mass is 10.1. The maximum atomic E-state index is 11.6. The fraction of sp³-hybridized carbons (Fsp3) is 0.350. The van der Waals surface area contributed by atoms with Gasteiger partial charge in [0.25, 0.3) is 0 Å². The van der Waals surface area contributed by atoms with Crippen LogP contribution in [0.1, 0.15) is 27.8 Å². The minimum absolute atomic E-state index is 0. The predicted molar refractivity (Wildman–Crippen MR) is 104 cm³/mol. The van der Waals surface area contributed by atoms with Crippen molar-refractivity contribution in [3.63, 3.8) is 0 Å². The van der Waals surface area contributed by atoms with Crippen LogP contribution in [0.25, 0.3) is 0 Å². The van der Waals surface area contributed by atoms with Crippen molar-refractivity contribution in [3.05, 3.63) is 64.2 Å². The first kappa shape index (κ1) is 21.0. The molecule has 0 bridgehead atoms. The van der Waals surface area contributed by atoms with E-state index in [1.165, 1.54) is 5.56 Å². The molecule has 0 aliphatic carbocycles. The lowest BCUT2D eigenvalue weighted by Crippen LogP contribution is -2.32. The Bertz CT molecular complexity index is 708. The Morgan fingerprint density at radius 1 is 1.08 bits per heavy atom. The number of aryl methyl sites for hydroxylation is 3. The molecule has 25 heavy (non-hydrogen) atoms. The molecule has 5 heteroatoms. The van der Waals surface area contributed by atoms with Crippen LogP contribution in [0, 0.1) is 20.8 Å². The van der Waals surface area contributed by atoms with Gasteiger partial charge in [0.15, 0.2) is 0 Å². The van der Waals surface area contributed by atoms with Crippen molar-refractivity contribution in [1.29, 1.82) is 0 Å². The number of nitrogens with zero attached hydrogens (tertiary/aromatic N) is 1. The molecule has 0 fully saturated rings. The molecule has 0 aliphatic heterocycles. The molecule has 136 valence electrons. The lowest BCUT2D eigenvalue weighted by Gasteiger charge is -2.19. The van der Waals surface area contributed by atoms with E-state index in [2.05, 4.69) is 37.3 Å².